The molecule has 7 heteroatoms. The van der Waals surface area contributed by atoms with Gasteiger partial charge in [-0.05, 0) is 23.2 Å². The minimum atomic E-state index is -0.624. The van der Waals surface area contributed by atoms with Crippen molar-refractivity contribution in [3.05, 3.63) is 10.6 Å². The Balaban J connectivity index is 2.72. The Bertz CT molecular complexity index is 253. The molecule has 0 amide bonds. The lowest BCUT2D eigenvalue weighted by molar-refractivity contribution is 0.254. The summed E-state index contributed by atoms with van der Waals surface area (Å²) in [7, 11) is 0. The van der Waals surface area contributed by atoms with Crippen molar-refractivity contribution in [3.8, 4) is 6.01 Å². The zero-order valence-electron chi connectivity index (χ0n) is 5.80. The van der Waals surface area contributed by atoms with Crippen molar-refractivity contribution < 1.29 is 9.13 Å². The third-order valence-corrected chi connectivity index (χ3v) is 1.21. The van der Waals surface area contributed by atoms with Gasteiger partial charge < -0.3 is 4.74 Å². The molecule has 0 saturated heterocycles. The molecule has 0 fully saturated rings. The van der Waals surface area contributed by atoms with E-state index in [9.17, 15) is 4.39 Å². The summed E-state index contributed by atoms with van der Waals surface area (Å²) in [6, 6.07) is -0.0716. The molecule has 0 bridgehead atoms. The molecular weight excluding hydrogens is 208 g/mol. The fourth-order valence-electron chi connectivity index (χ4n) is 0.503. The zero-order valence-corrected chi connectivity index (χ0v) is 7.31. The van der Waals surface area contributed by atoms with Gasteiger partial charge >= 0.3 is 6.01 Å². The zero-order chi connectivity index (χ0) is 8.97. The van der Waals surface area contributed by atoms with E-state index in [1.807, 2.05) is 0 Å². The van der Waals surface area contributed by atoms with Gasteiger partial charge in [0.1, 0.15) is 13.3 Å². The fraction of sp³-hybridized carbons (Fsp3) is 0.400. The summed E-state index contributed by atoms with van der Waals surface area (Å²) < 4.78 is 16.3. The summed E-state index contributed by atoms with van der Waals surface area (Å²) in [5, 5.41) is -0.160. The van der Waals surface area contributed by atoms with Crippen LogP contribution in [0, 0.1) is 0 Å². The van der Waals surface area contributed by atoms with Gasteiger partial charge in [-0.2, -0.15) is 15.0 Å². The first-order chi connectivity index (χ1) is 5.72. The van der Waals surface area contributed by atoms with Crippen molar-refractivity contribution in [2.24, 2.45) is 0 Å². The molecule has 0 N–H and O–H groups in total. The second-order valence-corrected chi connectivity index (χ2v) is 2.37. The molecular formula is C5H4Cl2FN3O. The average molecular weight is 212 g/mol. The van der Waals surface area contributed by atoms with Crippen molar-refractivity contribution in [2.45, 2.75) is 0 Å². The van der Waals surface area contributed by atoms with Crippen LogP contribution >= 0.6 is 23.2 Å². The van der Waals surface area contributed by atoms with E-state index >= 15 is 0 Å². The van der Waals surface area contributed by atoms with E-state index in [2.05, 4.69) is 15.0 Å². The van der Waals surface area contributed by atoms with Crippen molar-refractivity contribution in [1.82, 2.24) is 15.0 Å². The first kappa shape index (κ1) is 9.41. The van der Waals surface area contributed by atoms with Crippen LogP contribution in [0.2, 0.25) is 10.6 Å². The Hall–Kier alpha value is -0.680. The number of aromatic nitrogens is 3. The van der Waals surface area contributed by atoms with Crippen LogP contribution in [0.3, 0.4) is 0 Å². The van der Waals surface area contributed by atoms with Crippen molar-refractivity contribution in [3.63, 3.8) is 0 Å². The molecule has 0 atom stereocenters. The molecule has 0 radical (unpaired) electrons. The molecule has 1 aromatic heterocycles. The molecule has 1 aromatic rings. The second kappa shape index (κ2) is 4.37. The van der Waals surface area contributed by atoms with Gasteiger partial charge in [0.15, 0.2) is 0 Å². The summed E-state index contributed by atoms with van der Waals surface area (Å²) in [6.45, 7) is -0.752. The van der Waals surface area contributed by atoms with Crippen LogP contribution in [-0.2, 0) is 0 Å². The van der Waals surface area contributed by atoms with Crippen LogP contribution in [0.25, 0.3) is 0 Å². The van der Waals surface area contributed by atoms with E-state index in [0.717, 1.165) is 0 Å². The molecule has 4 nitrogen and oxygen atoms in total. The maximum absolute atomic E-state index is 11.6. The van der Waals surface area contributed by atoms with Crippen LogP contribution in [0.5, 0.6) is 6.01 Å². The first-order valence-corrected chi connectivity index (χ1v) is 3.74. The van der Waals surface area contributed by atoms with Crippen LogP contribution in [0.15, 0.2) is 0 Å². The Labute approximate surface area is 77.7 Å². The van der Waals surface area contributed by atoms with Crippen LogP contribution < -0.4 is 4.74 Å². The van der Waals surface area contributed by atoms with E-state index in [-0.39, 0.29) is 23.2 Å². The Morgan fingerprint density at radius 2 is 1.75 bits per heavy atom. The maximum atomic E-state index is 11.6. The number of ether oxygens (including phenoxy) is 1. The lowest BCUT2D eigenvalue weighted by Gasteiger charge is -2.00. The van der Waals surface area contributed by atoms with E-state index in [1.165, 1.54) is 0 Å². The second-order valence-electron chi connectivity index (χ2n) is 1.69. The minimum absolute atomic E-state index is 0.0716. The highest BCUT2D eigenvalue weighted by atomic mass is 35.5. The smallest absolute Gasteiger partial charge is 0.322 e. The molecule has 1 rings (SSSR count). The van der Waals surface area contributed by atoms with Crippen LogP contribution in [0.4, 0.5) is 4.39 Å². The summed E-state index contributed by atoms with van der Waals surface area (Å²) >= 11 is 10.8. The topological polar surface area (TPSA) is 47.9 Å². The SMILES string of the molecule is FCCOc1nc(Cl)nc(Cl)n1. The van der Waals surface area contributed by atoms with Crippen LogP contribution in [0.1, 0.15) is 0 Å². The summed E-state index contributed by atoms with van der Waals surface area (Å²) in [4.78, 5) is 10.6. The van der Waals surface area contributed by atoms with Gasteiger partial charge in [-0.3, -0.25) is 0 Å². The highest BCUT2D eigenvalue weighted by Gasteiger charge is 2.02. The molecule has 0 spiro atoms. The average Bonchev–Trinajstić information content (AvgIpc) is 1.99. The van der Waals surface area contributed by atoms with Crippen molar-refractivity contribution >= 4 is 23.2 Å². The van der Waals surface area contributed by atoms with Gasteiger partial charge in [-0.15, -0.1) is 0 Å². The molecule has 1 heterocycles. The van der Waals surface area contributed by atoms with Gasteiger partial charge in [-0.25, -0.2) is 4.39 Å². The predicted octanol–water partition coefficient (Wildman–Crippen LogP) is 1.53. The van der Waals surface area contributed by atoms with Gasteiger partial charge in [0.05, 0.1) is 0 Å². The van der Waals surface area contributed by atoms with Gasteiger partial charge in [0.25, 0.3) is 0 Å². The number of nitrogens with zero attached hydrogens (tertiary/aromatic N) is 3. The van der Waals surface area contributed by atoms with Crippen LogP contribution in [-0.4, -0.2) is 28.2 Å². The highest BCUT2D eigenvalue weighted by molar-refractivity contribution is 6.31. The minimum Gasteiger partial charge on any atom is -0.461 e. The van der Waals surface area contributed by atoms with E-state index in [4.69, 9.17) is 27.9 Å². The third kappa shape index (κ3) is 2.75. The number of rotatable bonds is 3. The predicted molar refractivity (Wildman–Crippen MR) is 41.3 cm³/mol. The third-order valence-electron chi connectivity index (χ3n) is 0.869. The van der Waals surface area contributed by atoms with E-state index in [0.29, 0.717) is 0 Å². The summed E-state index contributed by atoms with van der Waals surface area (Å²) in [5.41, 5.74) is 0. The summed E-state index contributed by atoms with van der Waals surface area (Å²) in [6.07, 6.45) is 0. The molecule has 0 unspecified atom stereocenters. The maximum Gasteiger partial charge on any atom is 0.322 e. The monoisotopic (exact) mass is 211 g/mol. The molecule has 0 aliphatic heterocycles. The Morgan fingerprint density at radius 3 is 2.25 bits per heavy atom. The van der Waals surface area contributed by atoms with Gasteiger partial charge in [0, 0.05) is 0 Å². The normalized spacial score (nSPS) is 9.92. The lowest BCUT2D eigenvalue weighted by atomic mass is 10.8. The molecule has 12 heavy (non-hydrogen) atoms. The first-order valence-electron chi connectivity index (χ1n) is 2.98. The number of halogens is 3. The van der Waals surface area contributed by atoms with Crippen molar-refractivity contribution in [2.75, 3.05) is 13.3 Å². The quantitative estimate of drug-likeness (QED) is 0.762. The van der Waals surface area contributed by atoms with Crippen molar-refractivity contribution in [1.29, 1.82) is 0 Å². The highest BCUT2D eigenvalue weighted by Crippen LogP contribution is 2.10. The van der Waals surface area contributed by atoms with E-state index < -0.39 is 6.67 Å². The molecule has 0 aliphatic rings. The molecule has 0 saturated carbocycles. The van der Waals surface area contributed by atoms with Gasteiger partial charge in [-0.1, -0.05) is 0 Å². The molecule has 0 aromatic carbocycles. The molecule has 0 aliphatic carbocycles. The number of hydrogen-bond donors (Lipinski definition) is 0. The standard InChI is InChI=1S/C5H4Cl2FN3O/c6-3-9-4(7)11-5(10-3)12-2-1-8/h1-2H2. The largest absolute Gasteiger partial charge is 0.461 e. The summed E-state index contributed by atoms with van der Waals surface area (Å²) in [5.74, 6) is 0. The Kier molecular flexibility index (Phi) is 3.43. The lowest BCUT2D eigenvalue weighted by Crippen LogP contribution is -2.03. The number of alkyl halides is 1. The number of hydrogen-bond acceptors (Lipinski definition) is 4. The fourth-order valence-corrected chi connectivity index (χ4v) is 0.851. The van der Waals surface area contributed by atoms with Gasteiger partial charge in [0.2, 0.25) is 10.6 Å². The Morgan fingerprint density at radius 1 is 1.17 bits per heavy atom. The van der Waals surface area contributed by atoms with E-state index in [1.54, 1.807) is 0 Å². The molecule has 66 valence electrons.